The third-order valence-electron chi connectivity index (χ3n) is 2.49. The molecule has 0 N–H and O–H groups in total. The van der Waals surface area contributed by atoms with Crippen molar-refractivity contribution in [1.29, 1.82) is 0 Å². The minimum absolute atomic E-state index is 0.0220. The Morgan fingerprint density at radius 3 is 2.68 bits per heavy atom. The highest BCUT2D eigenvalue weighted by atomic mass is 19.1. The van der Waals surface area contributed by atoms with Gasteiger partial charge in [-0.3, -0.25) is 4.79 Å². The van der Waals surface area contributed by atoms with Crippen LogP contribution in [0, 0.1) is 11.6 Å². The van der Waals surface area contributed by atoms with Gasteiger partial charge in [0.25, 0.3) is 0 Å². The van der Waals surface area contributed by atoms with Gasteiger partial charge in [0.05, 0.1) is 7.11 Å². The summed E-state index contributed by atoms with van der Waals surface area (Å²) in [5.74, 6) is -1.83. The predicted molar refractivity (Wildman–Crippen MR) is 63.0 cm³/mol. The highest BCUT2D eigenvalue weighted by molar-refractivity contribution is 5.97. The molecule has 0 radical (unpaired) electrons. The molecule has 0 unspecified atom stereocenters. The van der Waals surface area contributed by atoms with Gasteiger partial charge in [0.1, 0.15) is 11.6 Å². The first-order chi connectivity index (χ1) is 9.11. The highest BCUT2D eigenvalue weighted by Crippen LogP contribution is 2.16. The van der Waals surface area contributed by atoms with Crippen LogP contribution in [0.15, 0.2) is 30.6 Å². The Bertz CT molecular complexity index is 617. The highest BCUT2D eigenvalue weighted by Gasteiger charge is 2.17. The van der Waals surface area contributed by atoms with Crippen LogP contribution in [0.4, 0.5) is 8.78 Å². The maximum atomic E-state index is 13.4. The summed E-state index contributed by atoms with van der Waals surface area (Å²) in [5, 5.41) is 0. The molecular formula is C13H10F2N2O2. The third kappa shape index (κ3) is 2.90. The van der Waals surface area contributed by atoms with Gasteiger partial charge in [-0.2, -0.15) is 0 Å². The molecule has 6 heteroatoms. The van der Waals surface area contributed by atoms with Crippen LogP contribution in [0.1, 0.15) is 16.1 Å². The van der Waals surface area contributed by atoms with E-state index in [1.807, 2.05) is 0 Å². The van der Waals surface area contributed by atoms with E-state index >= 15 is 0 Å². The molecule has 0 saturated carbocycles. The predicted octanol–water partition coefficient (Wildman–Crippen LogP) is 2.19. The largest absolute Gasteiger partial charge is 0.479 e. The van der Waals surface area contributed by atoms with Gasteiger partial charge >= 0.3 is 0 Å². The van der Waals surface area contributed by atoms with Crippen molar-refractivity contribution in [3.63, 3.8) is 0 Å². The average Bonchev–Trinajstić information content (AvgIpc) is 2.41. The number of ketones is 1. The Morgan fingerprint density at radius 2 is 2.00 bits per heavy atom. The van der Waals surface area contributed by atoms with E-state index in [4.69, 9.17) is 4.74 Å². The maximum Gasteiger partial charge on any atom is 0.243 e. The Hall–Kier alpha value is -2.37. The Morgan fingerprint density at radius 1 is 1.26 bits per heavy atom. The van der Waals surface area contributed by atoms with Gasteiger partial charge in [0.2, 0.25) is 5.88 Å². The van der Waals surface area contributed by atoms with E-state index in [1.54, 1.807) is 0 Å². The van der Waals surface area contributed by atoms with E-state index in [2.05, 4.69) is 9.97 Å². The number of ether oxygens (including phenoxy) is 1. The number of rotatable bonds is 4. The second-order valence-corrected chi connectivity index (χ2v) is 3.75. The number of hydrogen-bond donors (Lipinski definition) is 0. The lowest BCUT2D eigenvalue weighted by atomic mass is 10.1. The number of nitrogens with zero attached hydrogens (tertiary/aromatic N) is 2. The van der Waals surface area contributed by atoms with Crippen LogP contribution < -0.4 is 4.74 Å². The van der Waals surface area contributed by atoms with Crippen molar-refractivity contribution < 1.29 is 18.3 Å². The zero-order valence-corrected chi connectivity index (χ0v) is 10.1. The molecule has 0 aliphatic carbocycles. The lowest BCUT2D eigenvalue weighted by molar-refractivity contribution is 0.0983. The number of carbonyl (C=O) groups excluding carboxylic acids is 1. The van der Waals surface area contributed by atoms with Crippen molar-refractivity contribution in [2.24, 2.45) is 0 Å². The van der Waals surface area contributed by atoms with Crippen molar-refractivity contribution in [3.05, 3.63) is 53.5 Å². The summed E-state index contributed by atoms with van der Waals surface area (Å²) in [4.78, 5) is 19.7. The molecule has 0 amide bonds. The van der Waals surface area contributed by atoms with Crippen molar-refractivity contribution in [2.75, 3.05) is 7.11 Å². The molecule has 2 aromatic rings. The molecule has 19 heavy (non-hydrogen) atoms. The summed E-state index contributed by atoms with van der Waals surface area (Å²) in [7, 11) is 1.36. The first-order valence-corrected chi connectivity index (χ1v) is 5.44. The molecule has 0 fully saturated rings. The third-order valence-corrected chi connectivity index (χ3v) is 2.49. The maximum absolute atomic E-state index is 13.4. The van der Waals surface area contributed by atoms with Gasteiger partial charge < -0.3 is 4.74 Å². The number of aromatic nitrogens is 2. The molecule has 2 rings (SSSR count). The zero-order chi connectivity index (χ0) is 13.8. The standard InChI is InChI=1S/C13H10F2N2O2/c1-19-13-12(16-4-5-17-13)11(18)6-8-2-3-9(14)7-10(8)15/h2-5,7H,6H2,1H3. The van der Waals surface area contributed by atoms with E-state index in [-0.39, 0.29) is 23.6 Å². The van der Waals surface area contributed by atoms with Crippen molar-refractivity contribution in [1.82, 2.24) is 9.97 Å². The lowest BCUT2D eigenvalue weighted by Crippen LogP contribution is -2.10. The number of halogens is 2. The SMILES string of the molecule is COc1nccnc1C(=O)Cc1ccc(F)cc1F. The van der Waals surface area contributed by atoms with Gasteiger partial charge in [-0.25, -0.2) is 18.7 Å². The van der Waals surface area contributed by atoms with Crippen LogP contribution in [0.5, 0.6) is 5.88 Å². The summed E-state index contributed by atoms with van der Waals surface area (Å²) < 4.78 is 31.1. The Balaban J connectivity index is 2.26. The molecule has 0 bridgehead atoms. The molecular weight excluding hydrogens is 254 g/mol. The molecule has 0 aliphatic heterocycles. The molecule has 1 aromatic heterocycles. The van der Waals surface area contributed by atoms with Crippen LogP contribution in [0.25, 0.3) is 0 Å². The number of methoxy groups -OCH3 is 1. The van der Waals surface area contributed by atoms with E-state index in [0.717, 1.165) is 12.1 Å². The minimum atomic E-state index is -0.767. The molecule has 1 aromatic carbocycles. The smallest absolute Gasteiger partial charge is 0.243 e. The van der Waals surface area contributed by atoms with E-state index in [0.29, 0.717) is 0 Å². The quantitative estimate of drug-likeness (QED) is 0.794. The number of carbonyl (C=O) groups is 1. The van der Waals surface area contributed by atoms with Crippen LogP contribution in [-0.4, -0.2) is 22.9 Å². The first-order valence-electron chi connectivity index (χ1n) is 5.44. The number of Topliss-reactive ketones (excluding diaryl/α,β-unsaturated/α-hetero) is 1. The van der Waals surface area contributed by atoms with Crippen LogP contribution >= 0.6 is 0 Å². The fourth-order valence-corrected chi connectivity index (χ4v) is 1.59. The topological polar surface area (TPSA) is 52.1 Å². The fourth-order valence-electron chi connectivity index (χ4n) is 1.59. The summed E-state index contributed by atoms with van der Waals surface area (Å²) >= 11 is 0. The van der Waals surface area contributed by atoms with Gasteiger partial charge in [0.15, 0.2) is 11.5 Å². The van der Waals surface area contributed by atoms with Crippen molar-refractivity contribution in [2.45, 2.75) is 6.42 Å². The first kappa shape index (κ1) is 13.1. The molecule has 0 saturated heterocycles. The van der Waals surface area contributed by atoms with Gasteiger partial charge in [-0.15, -0.1) is 0 Å². The molecule has 0 aliphatic rings. The summed E-state index contributed by atoms with van der Waals surface area (Å²) in [6.45, 7) is 0. The van der Waals surface area contributed by atoms with E-state index < -0.39 is 17.4 Å². The zero-order valence-electron chi connectivity index (χ0n) is 10.1. The summed E-state index contributed by atoms with van der Waals surface area (Å²) in [6, 6.07) is 3.06. The number of hydrogen-bond acceptors (Lipinski definition) is 4. The normalized spacial score (nSPS) is 10.3. The Kier molecular flexibility index (Phi) is 3.79. The average molecular weight is 264 g/mol. The van der Waals surface area contributed by atoms with Gasteiger partial charge in [-0.05, 0) is 11.6 Å². The molecule has 1 heterocycles. The molecule has 0 spiro atoms. The Labute approximate surface area is 108 Å². The van der Waals surface area contributed by atoms with Crippen LogP contribution in [0.3, 0.4) is 0 Å². The minimum Gasteiger partial charge on any atom is -0.479 e. The second kappa shape index (κ2) is 5.51. The van der Waals surface area contributed by atoms with Gasteiger partial charge in [-0.1, -0.05) is 6.07 Å². The molecule has 98 valence electrons. The van der Waals surface area contributed by atoms with Crippen LogP contribution in [0.2, 0.25) is 0 Å². The molecule has 0 atom stereocenters. The lowest BCUT2D eigenvalue weighted by Gasteiger charge is -2.05. The van der Waals surface area contributed by atoms with Crippen molar-refractivity contribution in [3.8, 4) is 5.88 Å². The van der Waals surface area contributed by atoms with E-state index in [9.17, 15) is 13.6 Å². The van der Waals surface area contributed by atoms with Crippen LogP contribution in [-0.2, 0) is 6.42 Å². The fraction of sp³-hybridized carbons (Fsp3) is 0.154. The van der Waals surface area contributed by atoms with Crippen molar-refractivity contribution >= 4 is 5.78 Å². The number of benzene rings is 1. The van der Waals surface area contributed by atoms with Gasteiger partial charge in [0, 0.05) is 24.9 Å². The monoisotopic (exact) mass is 264 g/mol. The summed E-state index contributed by atoms with van der Waals surface area (Å²) in [6.07, 6.45) is 2.49. The second-order valence-electron chi connectivity index (χ2n) is 3.75. The molecule has 4 nitrogen and oxygen atoms in total. The van der Waals surface area contributed by atoms with E-state index in [1.165, 1.54) is 25.6 Å². The summed E-state index contributed by atoms with van der Waals surface area (Å²) in [5.41, 5.74) is 0.118.